The number of benzene rings is 2. The number of carbonyl (C=O) groups excluding carboxylic acids is 1. The molecule has 1 fully saturated rings. The number of aryl methyl sites for hydroxylation is 2. The number of nitrogens with zero attached hydrogens (tertiary/aromatic N) is 3. The summed E-state index contributed by atoms with van der Waals surface area (Å²) in [6.07, 6.45) is 0. The quantitative estimate of drug-likeness (QED) is 0.669. The first kappa shape index (κ1) is 18.9. The normalized spacial score (nSPS) is 14.5. The highest BCUT2D eigenvalue weighted by Crippen LogP contribution is 2.27. The van der Waals surface area contributed by atoms with E-state index in [1.54, 1.807) is 11.3 Å². The molecule has 0 N–H and O–H groups in total. The fourth-order valence-corrected chi connectivity index (χ4v) is 4.61. The first-order chi connectivity index (χ1) is 13.5. The molecule has 5 nitrogen and oxygen atoms in total. The number of ether oxygens (including phenoxy) is 1. The summed E-state index contributed by atoms with van der Waals surface area (Å²) in [6.45, 7) is 7.46. The molecule has 0 bridgehead atoms. The number of hydrogen-bond donors (Lipinski definition) is 0. The van der Waals surface area contributed by atoms with Gasteiger partial charge in [0.15, 0.2) is 0 Å². The molecule has 0 radical (unpaired) electrons. The third kappa shape index (κ3) is 3.88. The summed E-state index contributed by atoms with van der Waals surface area (Å²) >= 11 is 1.74. The van der Waals surface area contributed by atoms with Gasteiger partial charge >= 0.3 is 0 Å². The van der Waals surface area contributed by atoms with Gasteiger partial charge in [-0.05, 0) is 55.3 Å². The van der Waals surface area contributed by atoms with Gasteiger partial charge in [0, 0.05) is 31.4 Å². The van der Waals surface area contributed by atoms with Gasteiger partial charge in [0.05, 0.1) is 30.0 Å². The summed E-state index contributed by atoms with van der Waals surface area (Å²) in [5.74, 6) is 0.0853. The summed E-state index contributed by atoms with van der Waals surface area (Å²) in [4.78, 5) is 21.5. The molecular weight excluding hydrogens is 370 g/mol. The molecule has 1 aliphatic heterocycles. The van der Waals surface area contributed by atoms with Gasteiger partial charge in [-0.2, -0.15) is 0 Å². The van der Waals surface area contributed by atoms with Gasteiger partial charge in [-0.25, -0.2) is 4.98 Å². The predicted octanol–water partition coefficient (Wildman–Crippen LogP) is 4.02. The summed E-state index contributed by atoms with van der Waals surface area (Å²) < 4.78 is 6.56. The second-order valence-electron chi connectivity index (χ2n) is 7.34. The average molecular weight is 396 g/mol. The highest BCUT2D eigenvalue weighted by atomic mass is 32.1. The van der Waals surface area contributed by atoms with E-state index in [9.17, 15) is 4.79 Å². The minimum atomic E-state index is 0.0853. The standard InChI is InChI=1S/C22H25N3O2S/c1-15-4-7-20-18(12-15)23-21(28-20)14-24(3)19-6-5-17(13-16(19)2)22(26)25-8-10-27-11-9-25/h4-7,12-13H,8-11,14H2,1-3H3. The van der Waals surface area contributed by atoms with Crippen molar-refractivity contribution in [2.45, 2.75) is 20.4 Å². The number of fused-ring (bicyclic) bond motifs is 1. The van der Waals surface area contributed by atoms with Gasteiger partial charge in [-0.15, -0.1) is 11.3 Å². The summed E-state index contributed by atoms with van der Waals surface area (Å²) in [5, 5.41) is 1.09. The maximum atomic E-state index is 12.7. The Kier molecular flexibility index (Phi) is 5.33. The van der Waals surface area contributed by atoms with Crippen molar-refractivity contribution in [3.63, 3.8) is 0 Å². The van der Waals surface area contributed by atoms with E-state index in [0.717, 1.165) is 33.9 Å². The minimum absolute atomic E-state index is 0.0853. The number of carbonyl (C=O) groups is 1. The minimum Gasteiger partial charge on any atom is -0.378 e. The SMILES string of the molecule is Cc1ccc2sc(CN(C)c3ccc(C(=O)N4CCOCC4)cc3C)nc2c1. The Bertz CT molecular complexity index is 1010. The molecule has 1 amide bonds. The van der Waals surface area contributed by atoms with Crippen LogP contribution in [0.1, 0.15) is 26.5 Å². The van der Waals surface area contributed by atoms with E-state index >= 15 is 0 Å². The zero-order valence-electron chi connectivity index (χ0n) is 16.6. The van der Waals surface area contributed by atoms with Gasteiger partial charge < -0.3 is 14.5 Å². The Labute approximate surface area is 169 Å². The van der Waals surface area contributed by atoms with Crippen LogP contribution in [0, 0.1) is 13.8 Å². The van der Waals surface area contributed by atoms with Crippen molar-refractivity contribution in [1.82, 2.24) is 9.88 Å². The van der Waals surface area contributed by atoms with Crippen molar-refractivity contribution in [2.75, 3.05) is 38.3 Å². The van der Waals surface area contributed by atoms with Crippen molar-refractivity contribution in [3.05, 3.63) is 58.1 Å². The highest BCUT2D eigenvalue weighted by Gasteiger charge is 2.19. The number of rotatable bonds is 4. The molecule has 0 aliphatic carbocycles. The Balaban J connectivity index is 1.50. The third-order valence-corrected chi connectivity index (χ3v) is 6.13. The molecule has 1 aromatic heterocycles. The van der Waals surface area contributed by atoms with E-state index in [1.807, 2.05) is 23.1 Å². The Morgan fingerprint density at radius 1 is 1.18 bits per heavy atom. The second kappa shape index (κ2) is 7.89. The van der Waals surface area contributed by atoms with Crippen molar-refractivity contribution in [1.29, 1.82) is 0 Å². The number of morpholine rings is 1. The van der Waals surface area contributed by atoms with E-state index in [0.29, 0.717) is 26.3 Å². The molecule has 1 saturated heterocycles. The third-order valence-electron chi connectivity index (χ3n) is 5.11. The first-order valence-corrected chi connectivity index (χ1v) is 10.4. The molecule has 0 atom stereocenters. The summed E-state index contributed by atoms with van der Waals surface area (Å²) in [6, 6.07) is 12.4. The van der Waals surface area contributed by atoms with Crippen LogP contribution >= 0.6 is 11.3 Å². The topological polar surface area (TPSA) is 45.7 Å². The smallest absolute Gasteiger partial charge is 0.254 e. The van der Waals surface area contributed by atoms with E-state index in [-0.39, 0.29) is 5.91 Å². The molecule has 4 rings (SSSR count). The molecule has 6 heteroatoms. The van der Waals surface area contributed by atoms with Crippen LogP contribution in [0.25, 0.3) is 10.2 Å². The molecule has 2 heterocycles. The van der Waals surface area contributed by atoms with Crippen LogP contribution in [0.5, 0.6) is 0 Å². The van der Waals surface area contributed by atoms with Crippen LogP contribution in [0.15, 0.2) is 36.4 Å². The zero-order chi connectivity index (χ0) is 19.7. The molecule has 0 saturated carbocycles. The number of aromatic nitrogens is 1. The van der Waals surface area contributed by atoms with E-state index in [4.69, 9.17) is 9.72 Å². The molecule has 0 spiro atoms. The maximum absolute atomic E-state index is 12.7. The molecule has 0 unspecified atom stereocenters. The highest BCUT2D eigenvalue weighted by molar-refractivity contribution is 7.18. The average Bonchev–Trinajstić information content (AvgIpc) is 3.09. The number of amides is 1. The molecule has 28 heavy (non-hydrogen) atoms. The fourth-order valence-electron chi connectivity index (χ4n) is 3.61. The monoisotopic (exact) mass is 395 g/mol. The zero-order valence-corrected chi connectivity index (χ0v) is 17.4. The maximum Gasteiger partial charge on any atom is 0.254 e. The lowest BCUT2D eigenvalue weighted by Crippen LogP contribution is -2.40. The van der Waals surface area contributed by atoms with Crippen LogP contribution in [0.3, 0.4) is 0 Å². The fraction of sp³-hybridized carbons (Fsp3) is 0.364. The van der Waals surface area contributed by atoms with Crippen molar-refractivity contribution in [2.24, 2.45) is 0 Å². The first-order valence-electron chi connectivity index (χ1n) is 9.56. The number of thiazole rings is 1. The van der Waals surface area contributed by atoms with E-state index < -0.39 is 0 Å². The Morgan fingerprint density at radius 3 is 2.71 bits per heavy atom. The van der Waals surface area contributed by atoms with Gasteiger partial charge in [0.1, 0.15) is 5.01 Å². The van der Waals surface area contributed by atoms with Gasteiger partial charge in [-0.3, -0.25) is 4.79 Å². The van der Waals surface area contributed by atoms with Gasteiger partial charge in [-0.1, -0.05) is 6.07 Å². The van der Waals surface area contributed by atoms with Gasteiger partial charge in [0.25, 0.3) is 5.91 Å². The van der Waals surface area contributed by atoms with Crippen molar-refractivity contribution >= 4 is 33.1 Å². The van der Waals surface area contributed by atoms with Crippen LogP contribution in [0.4, 0.5) is 5.69 Å². The predicted molar refractivity (Wildman–Crippen MR) is 114 cm³/mol. The molecule has 2 aromatic carbocycles. The Hall–Kier alpha value is -2.44. The molecule has 146 valence electrons. The lowest BCUT2D eigenvalue weighted by Gasteiger charge is -2.27. The molecule has 1 aliphatic rings. The van der Waals surface area contributed by atoms with Crippen LogP contribution in [-0.2, 0) is 11.3 Å². The van der Waals surface area contributed by atoms with Crippen LogP contribution in [-0.4, -0.2) is 49.1 Å². The van der Waals surface area contributed by atoms with Crippen molar-refractivity contribution < 1.29 is 9.53 Å². The van der Waals surface area contributed by atoms with Crippen LogP contribution < -0.4 is 4.90 Å². The molecule has 3 aromatic rings. The van der Waals surface area contributed by atoms with Crippen LogP contribution in [0.2, 0.25) is 0 Å². The van der Waals surface area contributed by atoms with Crippen molar-refractivity contribution in [3.8, 4) is 0 Å². The lowest BCUT2D eigenvalue weighted by molar-refractivity contribution is 0.0303. The number of hydrogen-bond acceptors (Lipinski definition) is 5. The largest absolute Gasteiger partial charge is 0.378 e. The number of anilines is 1. The summed E-state index contributed by atoms with van der Waals surface area (Å²) in [5.41, 5.74) is 5.25. The lowest BCUT2D eigenvalue weighted by atomic mass is 10.1. The second-order valence-corrected chi connectivity index (χ2v) is 8.46. The van der Waals surface area contributed by atoms with E-state index in [2.05, 4.69) is 44.0 Å². The summed E-state index contributed by atoms with van der Waals surface area (Å²) in [7, 11) is 2.07. The van der Waals surface area contributed by atoms with E-state index in [1.165, 1.54) is 10.3 Å². The molecular formula is C22H25N3O2S. The van der Waals surface area contributed by atoms with Gasteiger partial charge in [0.2, 0.25) is 0 Å². The Morgan fingerprint density at radius 2 is 1.96 bits per heavy atom.